The van der Waals surface area contributed by atoms with Crippen molar-refractivity contribution >= 4 is 39.8 Å². The lowest BCUT2D eigenvalue weighted by Gasteiger charge is -2.35. The van der Waals surface area contributed by atoms with Crippen LogP contribution in [-0.4, -0.2) is 61.6 Å². The van der Waals surface area contributed by atoms with Gasteiger partial charge in [-0.05, 0) is 78.7 Å². The molecule has 0 radical (unpaired) electrons. The Morgan fingerprint density at radius 3 is 2.24 bits per heavy atom. The van der Waals surface area contributed by atoms with Gasteiger partial charge in [0, 0.05) is 30.1 Å². The quantitative estimate of drug-likeness (QED) is 0.146. The van der Waals surface area contributed by atoms with Crippen LogP contribution in [0.25, 0.3) is 17.0 Å². The van der Waals surface area contributed by atoms with Crippen LogP contribution in [0.1, 0.15) is 84.8 Å². The zero-order valence-electron chi connectivity index (χ0n) is 29.1. The number of ether oxygens (including phenoxy) is 1. The van der Waals surface area contributed by atoms with Gasteiger partial charge >= 0.3 is 5.97 Å². The van der Waals surface area contributed by atoms with Crippen molar-refractivity contribution in [2.45, 2.75) is 71.3 Å². The Hall–Kier alpha value is -4.97. The Kier molecular flexibility index (Phi) is 11.8. The predicted octanol–water partition coefficient (Wildman–Crippen LogP) is 7.31. The third-order valence-electron chi connectivity index (χ3n) is 10.2. The molecule has 2 aromatic heterocycles. The number of benzene rings is 2. The summed E-state index contributed by atoms with van der Waals surface area (Å²) in [6.07, 6.45) is 16.6. The van der Waals surface area contributed by atoms with Crippen molar-refractivity contribution in [2.24, 2.45) is 17.8 Å². The molecule has 4 aromatic rings. The van der Waals surface area contributed by atoms with E-state index in [0.717, 1.165) is 64.2 Å². The molecule has 11 nitrogen and oxygen atoms in total. The van der Waals surface area contributed by atoms with Crippen molar-refractivity contribution in [3.05, 3.63) is 88.7 Å². The number of aliphatic carboxylic acids is 1. The molecule has 12 heteroatoms. The van der Waals surface area contributed by atoms with E-state index in [1.807, 2.05) is 36.7 Å². The van der Waals surface area contributed by atoms with Gasteiger partial charge in [0.05, 0.1) is 13.5 Å². The molecule has 6 rings (SSSR count). The number of carbonyl (C=O) groups is 3. The predicted molar refractivity (Wildman–Crippen MR) is 196 cm³/mol. The molecule has 0 saturated heterocycles. The smallest absolute Gasteiger partial charge is 0.323 e. The molecule has 0 spiro atoms. The molecule has 2 amide bonds. The molecule has 1 fully saturated rings. The molecule has 266 valence electrons. The summed E-state index contributed by atoms with van der Waals surface area (Å²) in [5.74, 6) is 1.81. The Morgan fingerprint density at radius 2 is 1.61 bits per heavy atom. The van der Waals surface area contributed by atoms with E-state index in [4.69, 9.17) is 4.74 Å². The average Bonchev–Trinajstić information content (AvgIpc) is 3.63. The number of carbonyl (C=O) groups excluding carboxylic acids is 2. The maximum atomic E-state index is 13.3. The highest BCUT2D eigenvalue weighted by molar-refractivity contribution is 7.17. The van der Waals surface area contributed by atoms with E-state index in [2.05, 4.69) is 38.5 Å². The van der Waals surface area contributed by atoms with Gasteiger partial charge in [0.25, 0.3) is 5.91 Å². The highest BCUT2D eigenvalue weighted by atomic mass is 32.1. The minimum atomic E-state index is -1.16. The van der Waals surface area contributed by atoms with E-state index in [-0.39, 0.29) is 29.0 Å². The van der Waals surface area contributed by atoms with Crippen LogP contribution in [0.4, 0.5) is 5.13 Å². The van der Waals surface area contributed by atoms with E-state index in [9.17, 15) is 19.5 Å². The number of rotatable bonds is 13. The second-order valence-corrected chi connectivity index (χ2v) is 14.5. The van der Waals surface area contributed by atoms with Crippen LogP contribution in [0.15, 0.2) is 67.0 Å². The van der Waals surface area contributed by atoms with E-state index >= 15 is 0 Å². The van der Waals surface area contributed by atoms with Crippen molar-refractivity contribution in [1.82, 2.24) is 25.1 Å². The Morgan fingerprint density at radius 1 is 0.902 bits per heavy atom. The summed E-state index contributed by atoms with van der Waals surface area (Å²) in [6, 6.07) is 14.5. The van der Waals surface area contributed by atoms with Crippen molar-refractivity contribution in [3.8, 4) is 17.1 Å². The van der Waals surface area contributed by atoms with Crippen molar-refractivity contribution in [2.75, 3.05) is 19.0 Å². The fourth-order valence-corrected chi connectivity index (χ4v) is 7.91. The number of nitrogens with zero attached hydrogens (tertiary/aromatic N) is 5. The third-order valence-corrected chi connectivity index (χ3v) is 11.0. The molecule has 1 unspecified atom stereocenters. The van der Waals surface area contributed by atoms with Gasteiger partial charge < -0.3 is 20.1 Å². The van der Waals surface area contributed by atoms with Crippen molar-refractivity contribution in [1.29, 1.82) is 0 Å². The molecule has 2 aliphatic carbocycles. The number of carboxylic acids is 1. The number of anilines is 1. The molecule has 2 heterocycles. The summed E-state index contributed by atoms with van der Waals surface area (Å²) < 4.78 is 5.14. The van der Waals surface area contributed by atoms with Gasteiger partial charge in [-0.2, -0.15) is 0 Å². The second kappa shape index (κ2) is 16.8. The number of allylic oxidation sites excluding steroid dienone is 2. The zero-order chi connectivity index (χ0) is 35.7. The lowest BCUT2D eigenvalue weighted by atomic mass is 9.71. The van der Waals surface area contributed by atoms with Gasteiger partial charge in [0.2, 0.25) is 16.0 Å². The highest BCUT2D eigenvalue weighted by Gasteiger charge is 2.28. The maximum absolute atomic E-state index is 13.3. The highest BCUT2D eigenvalue weighted by Crippen LogP contribution is 2.41. The first kappa shape index (κ1) is 35.8. The Labute approximate surface area is 302 Å². The molecule has 1 atom stereocenters. The largest absolute Gasteiger partial charge is 0.497 e. The van der Waals surface area contributed by atoms with Crippen LogP contribution in [0.3, 0.4) is 0 Å². The van der Waals surface area contributed by atoms with E-state index in [0.29, 0.717) is 11.6 Å². The van der Waals surface area contributed by atoms with Gasteiger partial charge in [0.1, 0.15) is 12.3 Å². The van der Waals surface area contributed by atoms with E-state index in [1.165, 1.54) is 49.0 Å². The molecular formula is C39H44N6O5S. The lowest BCUT2D eigenvalue weighted by Crippen LogP contribution is -2.35. The van der Waals surface area contributed by atoms with Crippen LogP contribution < -0.4 is 10.1 Å². The van der Waals surface area contributed by atoms with Crippen LogP contribution in [-0.2, 0) is 22.6 Å². The van der Waals surface area contributed by atoms with Gasteiger partial charge in [-0.25, -0.2) is 9.97 Å². The minimum absolute atomic E-state index is 0.0243. The minimum Gasteiger partial charge on any atom is -0.497 e. The summed E-state index contributed by atoms with van der Waals surface area (Å²) in [7, 11) is 1.57. The van der Waals surface area contributed by atoms with Crippen molar-refractivity contribution < 1.29 is 24.2 Å². The van der Waals surface area contributed by atoms with Gasteiger partial charge in [0.15, 0.2) is 5.82 Å². The number of nitrogens with one attached hydrogen (secondary N) is 1. The number of aromatic nitrogens is 4. The standard InChI is InChI=1S/C39H44N6O5S/c1-3-25-4-10-28(11-5-25)29-14-16-30(17-15-29)32-21-40-36(41-22-32)31-12-6-27(7-13-31)23-45(24-35(47)48)38(49)37-43-44-39(51-37)42-34(46)20-26-8-18-33(50-2)19-9-26/h6-9,12-13,16,18-19,21-22,25,28-29H,3-5,10-11,14-15,17,20,23-24H2,1-2H3,(H,47,48)(H,42,44,46)/t25-,28-,29?. The third kappa shape index (κ3) is 9.43. The summed E-state index contributed by atoms with van der Waals surface area (Å²) in [6.45, 7) is 1.83. The number of hydrogen-bond acceptors (Lipinski definition) is 9. The molecule has 0 aliphatic heterocycles. The molecule has 51 heavy (non-hydrogen) atoms. The molecule has 2 N–H and O–H groups in total. The first-order valence-electron chi connectivity index (χ1n) is 17.7. The second-order valence-electron chi connectivity index (χ2n) is 13.5. The number of methoxy groups -OCH3 is 1. The Bertz CT molecular complexity index is 1830. The lowest BCUT2D eigenvalue weighted by molar-refractivity contribution is -0.137. The van der Waals surface area contributed by atoms with Gasteiger partial charge in [-0.15, -0.1) is 10.2 Å². The monoisotopic (exact) mass is 708 g/mol. The van der Waals surface area contributed by atoms with Gasteiger partial charge in [-0.3, -0.25) is 14.4 Å². The Balaban J connectivity index is 1.03. The fraction of sp³-hybridized carbons (Fsp3) is 0.410. The molecule has 2 aliphatic rings. The molecule has 2 aromatic carbocycles. The number of amides is 2. The van der Waals surface area contributed by atoms with Crippen LogP contribution >= 0.6 is 11.3 Å². The summed E-state index contributed by atoms with van der Waals surface area (Å²) in [5.41, 5.74) is 4.73. The van der Waals surface area contributed by atoms with E-state index < -0.39 is 18.4 Å². The summed E-state index contributed by atoms with van der Waals surface area (Å²) in [5, 5.41) is 20.2. The summed E-state index contributed by atoms with van der Waals surface area (Å²) >= 11 is 0.891. The topological polar surface area (TPSA) is 148 Å². The van der Waals surface area contributed by atoms with Crippen molar-refractivity contribution in [3.63, 3.8) is 0 Å². The normalized spacial score (nSPS) is 18.8. The van der Waals surface area contributed by atoms with Crippen LogP contribution in [0.2, 0.25) is 0 Å². The molecule has 0 bridgehead atoms. The molecule has 1 saturated carbocycles. The zero-order valence-corrected chi connectivity index (χ0v) is 29.9. The maximum Gasteiger partial charge on any atom is 0.323 e. The number of carboxylic acid groups (broad SMARTS) is 1. The van der Waals surface area contributed by atoms with Crippen LogP contribution in [0.5, 0.6) is 5.75 Å². The van der Waals surface area contributed by atoms with Gasteiger partial charge in [-0.1, -0.05) is 80.0 Å². The first-order chi connectivity index (χ1) is 24.8. The fourth-order valence-electron chi connectivity index (χ4n) is 7.19. The molecular weight excluding hydrogens is 665 g/mol. The van der Waals surface area contributed by atoms with E-state index in [1.54, 1.807) is 31.4 Å². The average molecular weight is 709 g/mol. The SMILES string of the molecule is CC[C@H]1CC[C@H](C2CC=C(c3cnc(-c4ccc(CN(CC(=O)O)C(=O)c5nnc(NC(=O)Cc6ccc(OC)cc6)s5)cc4)nc3)CC2)CC1. The summed E-state index contributed by atoms with van der Waals surface area (Å²) in [4.78, 5) is 48.1. The first-order valence-corrected chi connectivity index (χ1v) is 18.5. The number of hydrogen-bond donors (Lipinski definition) is 2. The van der Waals surface area contributed by atoms with Crippen LogP contribution in [0, 0.1) is 17.8 Å².